The van der Waals surface area contributed by atoms with Crippen molar-refractivity contribution in [1.82, 2.24) is 4.90 Å². The van der Waals surface area contributed by atoms with Crippen molar-refractivity contribution in [3.63, 3.8) is 0 Å². The van der Waals surface area contributed by atoms with Gasteiger partial charge in [-0.25, -0.2) is 17.9 Å². The van der Waals surface area contributed by atoms with E-state index in [1.54, 1.807) is 18.2 Å². The summed E-state index contributed by atoms with van der Waals surface area (Å²) >= 11 is 0. The van der Waals surface area contributed by atoms with E-state index in [-0.39, 0.29) is 29.1 Å². The van der Waals surface area contributed by atoms with Crippen LogP contribution in [-0.4, -0.2) is 45.5 Å². The largest absolute Gasteiger partial charge is 0.371 e. The Morgan fingerprint density at radius 1 is 1.25 bits per heavy atom. The molecular weight excluding hydrogens is 385 g/mol. The van der Waals surface area contributed by atoms with Gasteiger partial charge in [0.2, 0.25) is 15.9 Å². The molecule has 1 fully saturated rings. The Morgan fingerprint density at radius 2 is 2.00 bits per heavy atom. The van der Waals surface area contributed by atoms with Crippen LogP contribution < -0.4 is 10.5 Å². The first-order chi connectivity index (χ1) is 13.3. The van der Waals surface area contributed by atoms with Gasteiger partial charge in [0, 0.05) is 31.7 Å². The average molecular weight is 407 g/mol. The van der Waals surface area contributed by atoms with Gasteiger partial charge >= 0.3 is 0 Å². The van der Waals surface area contributed by atoms with E-state index >= 15 is 0 Å². The van der Waals surface area contributed by atoms with E-state index in [9.17, 15) is 17.6 Å². The molecule has 150 valence electrons. The third-order valence-electron chi connectivity index (χ3n) is 4.49. The first-order valence-corrected chi connectivity index (χ1v) is 10.4. The molecule has 3 N–H and O–H groups in total. The number of benzene rings is 2. The molecule has 3 rings (SSSR count). The third kappa shape index (κ3) is 5.59. The van der Waals surface area contributed by atoms with Crippen LogP contribution in [0.2, 0.25) is 0 Å². The average Bonchev–Trinajstić information content (AvgIpc) is 2.67. The summed E-state index contributed by atoms with van der Waals surface area (Å²) in [6.45, 7) is 2.37. The monoisotopic (exact) mass is 407 g/mol. The van der Waals surface area contributed by atoms with Crippen LogP contribution in [-0.2, 0) is 19.6 Å². The quantitative estimate of drug-likeness (QED) is 0.761. The molecule has 0 aliphatic carbocycles. The molecule has 9 heteroatoms. The third-order valence-corrected chi connectivity index (χ3v) is 5.40. The normalized spacial score (nSPS) is 18.0. The fourth-order valence-corrected chi connectivity index (χ4v) is 3.58. The van der Waals surface area contributed by atoms with Crippen molar-refractivity contribution < 1.29 is 22.3 Å². The Bertz CT molecular complexity index is 934. The zero-order valence-corrected chi connectivity index (χ0v) is 16.0. The van der Waals surface area contributed by atoms with Gasteiger partial charge in [0.05, 0.1) is 17.6 Å². The number of nitrogens with zero attached hydrogens (tertiary/aromatic N) is 1. The minimum Gasteiger partial charge on any atom is -0.371 e. The van der Waals surface area contributed by atoms with Crippen molar-refractivity contribution in [2.24, 2.45) is 5.14 Å². The van der Waals surface area contributed by atoms with Crippen LogP contribution in [0.5, 0.6) is 0 Å². The molecule has 1 aliphatic rings. The minimum atomic E-state index is -3.82. The Hall–Kier alpha value is -2.33. The number of primary sulfonamides is 1. The zero-order chi connectivity index (χ0) is 20.1. The highest BCUT2D eigenvalue weighted by atomic mass is 32.2. The van der Waals surface area contributed by atoms with Gasteiger partial charge in [0.1, 0.15) is 5.82 Å². The maximum absolute atomic E-state index is 13.1. The van der Waals surface area contributed by atoms with Crippen LogP contribution in [0.15, 0.2) is 53.4 Å². The van der Waals surface area contributed by atoms with E-state index in [2.05, 4.69) is 10.2 Å². The zero-order valence-electron chi connectivity index (χ0n) is 15.2. The summed E-state index contributed by atoms with van der Waals surface area (Å²) in [7, 11) is -3.82. The molecule has 1 heterocycles. The molecule has 1 amide bonds. The number of ether oxygens (including phenoxy) is 1. The first-order valence-electron chi connectivity index (χ1n) is 8.83. The lowest BCUT2D eigenvalue weighted by Crippen LogP contribution is -2.39. The second-order valence-corrected chi connectivity index (χ2v) is 8.14. The molecule has 0 aromatic heterocycles. The minimum absolute atomic E-state index is 0.0550. The lowest BCUT2D eigenvalue weighted by molar-refractivity contribution is -0.117. The van der Waals surface area contributed by atoms with Crippen molar-refractivity contribution in [1.29, 1.82) is 0 Å². The lowest BCUT2D eigenvalue weighted by Gasteiger charge is -2.33. The second-order valence-electron chi connectivity index (χ2n) is 6.58. The van der Waals surface area contributed by atoms with Crippen LogP contribution in [0.1, 0.15) is 18.1 Å². The van der Waals surface area contributed by atoms with Gasteiger partial charge in [-0.2, -0.15) is 0 Å². The fourth-order valence-electron chi connectivity index (χ4n) is 3.02. The van der Waals surface area contributed by atoms with Crippen molar-refractivity contribution in [3.8, 4) is 0 Å². The van der Waals surface area contributed by atoms with E-state index in [4.69, 9.17) is 9.88 Å². The molecule has 1 aliphatic heterocycles. The van der Waals surface area contributed by atoms with Crippen LogP contribution in [0.25, 0.3) is 0 Å². The predicted molar refractivity (Wildman–Crippen MR) is 103 cm³/mol. The molecule has 7 nitrogen and oxygen atoms in total. The number of nitrogens with two attached hydrogens (primary N) is 1. The molecule has 28 heavy (non-hydrogen) atoms. The number of halogens is 1. The molecule has 0 unspecified atom stereocenters. The van der Waals surface area contributed by atoms with Gasteiger partial charge in [-0.15, -0.1) is 0 Å². The first kappa shape index (κ1) is 20.4. The van der Waals surface area contributed by atoms with E-state index < -0.39 is 10.0 Å². The van der Waals surface area contributed by atoms with Gasteiger partial charge in [-0.05, 0) is 35.9 Å². The number of carbonyl (C=O) groups is 1. The Labute approximate surface area is 163 Å². The number of carbonyl (C=O) groups excluding carboxylic acids is 1. The molecule has 1 saturated heterocycles. The molecule has 2 aromatic rings. The summed E-state index contributed by atoms with van der Waals surface area (Å²) < 4.78 is 41.6. The predicted octanol–water partition coefficient (Wildman–Crippen LogP) is 1.88. The SMILES string of the molecule is NS(=O)(=O)c1cccc(NC(=O)CCN2CCO[C@@H](c3ccc(F)cc3)C2)c1. The summed E-state index contributed by atoms with van der Waals surface area (Å²) in [5, 5.41) is 7.79. The maximum Gasteiger partial charge on any atom is 0.238 e. The highest BCUT2D eigenvalue weighted by Crippen LogP contribution is 2.22. The van der Waals surface area contributed by atoms with Gasteiger partial charge in [-0.3, -0.25) is 9.69 Å². The number of sulfonamides is 1. The summed E-state index contributed by atoms with van der Waals surface area (Å²) in [4.78, 5) is 14.3. The van der Waals surface area contributed by atoms with Gasteiger partial charge in [-0.1, -0.05) is 18.2 Å². The van der Waals surface area contributed by atoms with E-state index in [1.165, 1.54) is 30.3 Å². The van der Waals surface area contributed by atoms with Crippen molar-refractivity contribution in [2.75, 3.05) is 31.6 Å². The standard InChI is InChI=1S/C19H22FN3O4S/c20-15-6-4-14(5-7-15)18-13-23(10-11-27-18)9-8-19(24)22-16-2-1-3-17(12-16)28(21,25)26/h1-7,12,18H,8-11,13H2,(H,22,24)(H2,21,25,26)/t18-/m1/s1. The highest BCUT2D eigenvalue weighted by molar-refractivity contribution is 7.89. The molecule has 2 aromatic carbocycles. The number of hydrogen-bond donors (Lipinski definition) is 2. The second kappa shape index (κ2) is 8.78. The van der Waals surface area contributed by atoms with Crippen molar-refractivity contribution >= 4 is 21.6 Å². The summed E-state index contributed by atoms with van der Waals surface area (Å²) in [6.07, 6.45) is 0.0827. The molecule has 1 atom stereocenters. The van der Waals surface area contributed by atoms with Crippen LogP contribution >= 0.6 is 0 Å². The molecule has 0 saturated carbocycles. The molecular formula is C19H22FN3O4S. The molecule has 0 radical (unpaired) electrons. The fraction of sp³-hybridized carbons (Fsp3) is 0.316. The number of rotatable bonds is 6. The summed E-state index contributed by atoms with van der Waals surface area (Å²) in [6, 6.07) is 12.0. The van der Waals surface area contributed by atoms with Gasteiger partial charge < -0.3 is 10.1 Å². The number of hydrogen-bond acceptors (Lipinski definition) is 5. The van der Waals surface area contributed by atoms with Gasteiger partial charge in [0.15, 0.2) is 0 Å². The van der Waals surface area contributed by atoms with E-state index in [0.29, 0.717) is 31.9 Å². The van der Waals surface area contributed by atoms with E-state index in [0.717, 1.165) is 5.56 Å². The highest BCUT2D eigenvalue weighted by Gasteiger charge is 2.22. The summed E-state index contributed by atoms with van der Waals surface area (Å²) in [5.74, 6) is -0.518. The Balaban J connectivity index is 1.52. The van der Waals surface area contributed by atoms with Crippen LogP contribution in [0.4, 0.5) is 10.1 Å². The van der Waals surface area contributed by atoms with Crippen LogP contribution in [0.3, 0.4) is 0 Å². The number of amides is 1. The maximum atomic E-state index is 13.1. The van der Waals surface area contributed by atoms with Crippen molar-refractivity contribution in [2.45, 2.75) is 17.4 Å². The molecule has 0 bridgehead atoms. The van der Waals surface area contributed by atoms with Crippen molar-refractivity contribution in [3.05, 3.63) is 59.9 Å². The Kier molecular flexibility index (Phi) is 6.40. The number of nitrogens with one attached hydrogen (secondary N) is 1. The lowest BCUT2D eigenvalue weighted by atomic mass is 10.1. The Morgan fingerprint density at radius 3 is 2.71 bits per heavy atom. The molecule has 0 spiro atoms. The van der Waals surface area contributed by atoms with E-state index in [1.807, 2.05) is 0 Å². The van der Waals surface area contributed by atoms with Gasteiger partial charge in [0.25, 0.3) is 0 Å². The summed E-state index contributed by atoms with van der Waals surface area (Å²) in [5.41, 5.74) is 1.28. The number of morpholine rings is 1. The number of anilines is 1. The van der Waals surface area contributed by atoms with Crippen LogP contribution in [0, 0.1) is 5.82 Å². The topological polar surface area (TPSA) is 102 Å². The smallest absolute Gasteiger partial charge is 0.238 e.